The number of nitrogens with one attached hydrogen (secondary N) is 1. The second kappa shape index (κ2) is 13.5. The first-order valence-electron chi connectivity index (χ1n) is 15.1. The molecule has 3 heterocycles. The lowest BCUT2D eigenvalue weighted by atomic mass is 9.98. The fourth-order valence-electron chi connectivity index (χ4n) is 5.64. The van der Waals surface area contributed by atoms with Crippen LogP contribution in [0.1, 0.15) is 71.2 Å². The van der Waals surface area contributed by atoms with Gasteiger partial charge in [0.1, 0.15) is 18.1 Å². The van der Waals surface area contributed by atoms with Crippen LogP contribution in [0.2, 0.25) is 0 Å². The van der Waals surface area contributed by atoms with Gasteiger partial charge in [-0.2, -0.15) is 0 Å². The van der Waals surface area contributed by atoms with E-state index in [9.17, 15) is 9.59 Å². The van der Waals surface area contributed by atoms with Gasteiger partial charge in [0.05, 0.1) is 13.7 Å². The smallest absolute Gasteiger partial charge is 0.276 e. The normalized spacial score (nSPS) is 16.8. The predicted octanol–water partition coefficient (Wildman–Crippen LogP) is 5.00. The topological polar surface area (TPSA) is 106 Å². The van der Waals surface area contributed by atoms with E-state index in [1.807, 2.05) is 18.2 Å². The minimum Gasteiger partial charge on any atom is -0.496 e. The summed E-state index contributed by atoms with van der Waals surface area (Å²) in [6, 6.07) is 9.90. The summed E-state index contributed by atoms with van der Waals surface area (Å²) in [4.78, 5) is 35.1. The molecule has 10 nitrogen and oxygen atoms in total. The van der Waals surface area contributed by atoms with E-state index in [0.717, 1.165) is 41.8 Å². The fraction of sp³-hybridized carbons (Fsp3) is 0.485. The van der Waals surface area contributed by atoms with Crippen molar-refractivity contribution in [2.45, 2.75) is 59.5 Å². The average molecular weight is 591 g/mol. The highest BCUT2D eigenvalue weighted by molar-refractivity contribution is 5.96. The van der Waals surface area contributed by atoms with Gasteiger partial charge in [0.25, 0.3) is 11.8 Å². The van der Waals surface area contributed by atoms with Gasteiger partial charge in [0.2, 0.25) is 0 Å². The zero-order valence-corrected chi connectivity index (χ0v) is 25.8. The number of hydrogen-bond acceptors (Lipinski definition) is 8. The van der Waals surface area contributed by atoms with E-state index in [4.69, 9.17) is 18.6 Å². The monoisotopic (exact) mass is 590 g/mol. The third-order valence-corrected chi connectivity index (χ3v) is 8.00. The van der Waals surface area contributed by atoms with Crippen molar-refractivity contribution >= 4 is 11.8 Å². The third-order valence-electron chi connectivity index (χ3n) is 8.00. The number of methoxy groups -OCH3 is 1. The zero-order chi connectivity index (χ0) is 30.5. The fourth-order valence-corrected chi connectivity index (χ4v) is 5.64. The summed E-state index contributed by atoms with van der Waals surface area (Å²) in [6.45, 7) is 11.8. The number of hydrogen-bond donors (Lipinski definition) is 1. The number of rotatable bonds is 3. The van der Waals surface area contributed by atoms with Crippen LogP contribution in [-0.4, -0.2) is 79.1 Å². The minimum atomic E-state index is -0.160. The summed E-state index contributed by atoms with van der Waals surface area (Å²) >= 11 is 0. The lowest BCUT2D eigenvalue weighted by molar-refractivity contribution is 0.0735. The van der Waals surface area contributed by atoms with Crippen LogP contribution in [0.4, 0.5) is 0 Å². The summed E-state index contributed by atoms with van der Waals surface area (Å²) in [7, 11) is 1.63. The van der Waals surface area contributed by atoms with E-state index in [0.29, 0.717) is 86.3 Å². The molecule has 0 saturated heterocycles. The van der Waals surface area contributed by atoms with Crippen LogP contribution in [0.15, 0.2) is 34.7 Å². The number of fused-ring (bicyclic) bond motifs is 7. The maximum Gasteiger partial charge on any atom is 0.276 e. The molecule has 2 aromatic carbocycles. The highest BCUT2D eigenvalue weighted by Gasteiger charge is 2.25. The first-order valence-corrected chi connectivity index (χ1v) is 15.1. The molecule has 2 aliphatic rings. The number of aryl methyl sites for hydroxylation is 2. The van der Waals surface area contributed by atoms with Crippen LogP contribution < -0.4 is 19.5 Å². The average Bonchev–Trinajstić information content (AvgIpc) is 3.18. The number of ether oxygens (including phenoxy) is 3. The Balaban J connectivity index is 1.50. The highest BCUT2D eigenvalue weighted by atomic mass is 16.5. The van der Waals surface area contributed by atoms with Crippen molar-refractivity contribution < 1.29 is 28.2 Å². The van der Waals surface area contributed by atoms with E-state index in [-0.39, 0.29) is 11.8 Å². The van der Waals surface area contributed by atoms with Crippen molar-refractivity contribution in [1.29, 1.82) is 0 Å². The molecular weight excluding hydrogens is 548 g/mol. The Morgan fingerprint density at radius 1 is 1.00 bits per heavy atom. The lowest BCUT2D eigenvalue weighted by Crippen LogP contribution is -2.35. The molecular formula is C33H42N4O6. The standard InChI is InChI=1S/C33H42N4O6/c1-21(2)37-14-16-42-31-26(20-37)17-25-19-29(31)41-15-8-13-36(33(39)30-22(3)43-23(4)35-30)12-7-6-11-34-32(38)24-9-10-28(40-5)27(25)18-24/h9-10,17-19,21H,6-8,11-16,20H2,1-5H3,(H,34,38). The minimum absolute atomic E-state index is 0.157. The van der Waals surface area contributed by atoms with Crippen LogP contribution in [0, 0.1) is 13.8 Å². The van der Waals surface area contributed by atoms with Gasteiger partial charge < -0.3 is 28.8 Å². The van der Waals surface area contributed by atoms with Crippen LogP contribution in [-0.2, 0) is 6.54 Å². The van der Waals surface area contributed by atoms with E-state index < -0.39 is 0 Å². The molecule has 3 aromatic rings. The van der Waals surface area contributed by atoms with E-state index in [2.05, 4.69) is 35.1 Å². The molecule has 2 amide bonds. The molecule has 0 atom stereocenters. The molecule has 5 rings (SSSR count). The first kappa shape index (κ1) is 30.4. The molecule has 1 aromatic heterocycles. The Hall–Kier alpha value is -4.05. The van der Waals surface area contributed by atoms with E-state index >= 15 is 0 Å². The first-order chi connectivity index (χ1) is 20.7. The van der Waals surface area contributed by atoms with Gasteiger partial charge in [-0.25, -0.2) is 4.98 Å². The maximum absolute atomic E-state index is 13.5. The van der Waals surface area contributed by atoms with Gasteiger partial charge in [0, 0.05) is 62.4 Å². The summed E-state index contributed by atoms with van der Waals surface area (Å²) in [5.41, 5.74) is 3.59. The highest BCUT2D eigenvalue weighted by Crippen LogP contribution is 2.41. The summed E-state index contributed by atoms with van der Waals surface area (Å²) in [6.07, 6.45) is 2.07. The third kappa shape index (κ3) is 6.96. The van der Waals surface area contributed by atoms with E-state index in [1.54, 1.807) is 31.9 Å². The molecule has 0 spiro atoms. The summed E-state index contributed by atoms with van der Waals surface area (Å²) in [5.74, 6) is 2.71. The van der Waals surface area contributed by atoms with Crippen LogP contribution in [0.25, 0.3) is 11.1 Å². The molecule has 4 bridgehead atoms. The Morgan fingerprint density at radius 3 is 2.56 bits per heavy atom. The Kier molecular flexibility index (Phi) is 9.55. The molecule has 0 aliphatic carbocycles. The van der Waals surface area contributed by atoms with Crippen molar-refractivity contribution in [2.75, 3.05) is 46.5 Å². The van der Waals surface area contributed by atoms with E-state index in [1.165, 1.54) is 0 Å². The van der Waals surface area contributed by atoms with Gasteiger partial charge in [-0.1, -0.05) is 0 Å². The number of carbonyl (C=O) groups excluding carboxylic acids is 2. The van der Waals surface area contributed by atoms with Crippen LogP contribution in [0.3, 0.4) is 0 Å². The lowest BCUT2D eigenvalue weighted by Gasteiger charge is -2.24. The summed E-state index contributed by atoms with van der Waals surface area (Å²) in [5, 5.41) is 3.03. The van der Waals surface area contributed by atoms with Gasteiger partial charge >= 0.3 is 0 Å². The van der Waals surface area contributed by atoms with Crippen LogP contribution in [0.5, 0.6) is 17.2 Å². The molecule has 230 valence electrons. The number of aromatic nitrogens is 1. The number of benzene rings is 2. The molecule has 1 N–H and O–H groups in total. The largest absolute Gasteiger partial charge is 0.496 e. The molecule has 2 aliphatic heterocycles. The second-order valence-electron chi connectivity index (χ2n) is 11.4. The molecule has 10 heteroatoms. The molecule has 0 radical (unpaired) electrons. The number of nitrogens with zero attached hydrogens (tertiary/aromatic N) is 3. The predicted molar refractivity (Wildman–Crippen MR) is 163 cm³/mol. The molecule has 0 unspecified atom stereocenters. The maximum atomic E-state index is 13.5. The van der Waals surface area contributed by atoms with Gasteiger partial charge in [-0.3, -0.25) is 14.5 Å². The van der Waals surface area contributed by atoms with Crippen molar-refractivity contribution in [3.05, 3.63) is 58.8 Å². The Morgan fingerprint density at radius 2 is 1.81 bits per heavy atom. The Labute approximate surface area is 253 Å². The SMILES string of the molecule is COc1ccc2cc1-c1cc3c(c(c1)OCCCN(C(=O)c1nc(C)oc1C)CCCCNC2=O)OCCN(C(C)C)C3. The Bertz CT molecular complexity index is 1470. The zero-order valence-electron chi connectivity index (χ0n) is 25.8. The molecule has 0 saturated carbocycles. The number of amides is 2. The van der Waals surface area contributed by atoms with Crippen molar-refractivity contribution in [2.24, 2.45) is 0 Å². The van der Waals surface area contributed by atoms with Crippen molar-refractivity contribution in [1.82, 2.24) is 20.1 Å². The second-order valence-corrected chi connectivity index (χ2v) is 11.4. The van der Waals surface area contributed by atoms with Gasteiger partial charge in [-0.05, 0) is 75.9 Å². The quantitative estimate of drug-likeness (QED) is 0.454. The summed E-state index contributed by atoms with van der Waals surface area (Å²) < 4.78 is 23.9. The van der Waals surface area contributed by atoms with Crippen molar-refractivity contribution in [3.63, 3.8) is 0 Å². The van der Waals surface area contributed by atoms with Gasteiger partial charge in [0.15, 0.2) is 23.1 Å². The van der Waals surface area contributed by atoms with Crippen molar-refractivity contribution in [3.8, 4) is 28.4 Å². The number of carbonyl (C=O) groups is 2. The molecule has 0 fully saturated rings. The molecule has 43 heavy (non-hydrogen) atoms. The number of oxazole rings is 1. The van der Waals surface area contributed by atoms with Gasteiger partial charge in [-0.15, -0.1) is 0 Å². The van der Waals surface area contributed by atoms with Crippen LogP contribution >= 0.6 is 0 Å².